The zero-order valence-electron chi connectivity index (χ0n) is 12.1. The van der Waals surface area contributed by atoms with Crippen LogP contribution in [-0.2, 0) is 13.1 Å². The molecule has 1 aromatic carbocycles. The van der Waals surface area contributed by atoms with Crippen molar-refractivity contribution in [2.45, 2.75) is 32.4 Å². The molecule has 2 aromatic rings. The lowest BCUT2D eigenvalue weighted by molar-refractivity contribution is 0.174. The van der Waals surface area contributed by atoms with E-state index in [0.717, 1.165) is 42.0 Å². The van der Waals surface area contributed by atoms with E-state index in [-0.39, 0.29) is 0 Å². The van der Waals surface area contributed by atoms with Gasteiger partial charge in [0.2, 0.25) is 6.79 Å². The molecule has 1 aliphatic carbocycles. The number of rotatable bonds is 5. The maximum Gasteiger partial charge on any atom is 0.231 e. The molecule has 1 N–H and O–H groups in total. The number of ether oxygens (including phenoxy) is 2. The van der Waals surface area contributed by atoms with Crippen molar-refractivity contribution >= 4 is 0 Å². The Morgan fingerprint density at radius 2 is 1.95 bits per heavy atom. The first-order valence-corrected chi connectivity index (χ1v) is 7.47. The SMILES string of the molecule is CC1CC1c1ccc(CNCc2ccc3c(c2)OCO3)o1. The van der Waals surface area contributed by atoms with Gasteiger partial charge in [-0.05, 0) is 42.2 Å². The van der Waals surface area contributed by atoms with Gasteiger partial charge in [0.1, 0.15) is 11.5 Å². The van der Waals surface area contributed by atoms with Gasteiger partial charge in [0, 0.05) is 12.5 Å². The summed E-state index contributed by atoms with van der Waals surface area (Å²) in [6.45, 7) is 4.12. The number of benzene rings is 1. The first kappa shape index (κ1) is 12.8. The quantitative estimate of drug-likeness (QED) is 0.914. The van der Waals surface area contributed by atoms with E-state index in [4.69, 9.17) is 13.9 Å². The second-order valence-corrected chi connectivity index (χ2v) is 5.91. The molecule has 1 saturated carbocycles. The van der Waals surface area contributed by atoms with Crippen LogP contribution in [0.1, 0.15) is 36.3 Å². The number of nitrogens with one attached hydrogen (secondary N) is 1. The van der Waals surface area contributed by atoms with Gasteiger partial charge in [-0.3, -0.25) is 0 Å². The smallest absolute Gasteiger partial charge is 0.231 e. The highest BCUT2D eigenvalue weighted by atomic mass is 16.7. The van der Waals surface area contributed by atoms with Crippen molar-refractivity contribution in [1.29, 1.82) is 0 Å². The van der Waals surface area contributed by atoms with E-state index in [2.05, 4.69) is 30.4 Å². The molecule has 0 amide bonds. The third-order valence-electron chi connectivity index (χ3n) is 4.22. The second-order valence-electron chi connectivity index (χ2n) is 5.91. The van der Waals surface area contributed by atoms with Crippen LogP contribution in [0.4, 0.5) is 0 Å². The van der Waals surface area contributed by atoms with Crippen molar-refractivity contribution in [3.63, 3.8) is 0 Å². The Morgan fingerprint density at radius 1 is 1.10 bits per heavy atom. The fourth-order valence-corrected chi connectivity index (χ4v) is 2.79. The van der Waals surface area contributed by atoms with Crippen LogP contribution in [0.25, 0.3) is 0 Å². The third kappa shape index (κ3) is 2.63. The van der Waals surface area contributed by atoms with Gasteiger partial charge in [0.15, 0.2) is 11.5 Å². The molecule has 4 nitrogen and oxygen atoms in total. The average molecular weight is 285 g/mol. The first-order valence-electron chi connectivity index (χ1n) is 7.47. The van der Waals surface area contributed by atoms with Crippen LogP contribution >= 0.6 is 0 Å². The topological polar surface area (TPSA) is 43.6 Å². The van der Waals surface area contributed by atoms with Gasteiger partial charge in [-0.25, -0.2) is 0 Å². The van der Waals surface area contributed by atoms with Crippen molar-refractivity contribution in [3.05, 3.63) is 47.4 Å². The molecule has 2 heterocycles. The number of fused-ring (bicyclic) bond motifs is 1. The lowest BCUT2D eigenvalue weighted by atomic mass is 10.2. The van der Waals surface area contributed by atoms with Crippen LogP contribution in [0.2, 0.25) is 0 Å². The summed E-state index contributed by atoms with van der Waals surface area (Å²) in [7, 11) is 0. The Kier molecular flexibility index (Phi) is 3.11. The minimum absolute atomic E-state index is 0.320. The highest BCUT2D eigenvalue weighted by molar-refractivity contribution is 5.44. The number of furan rings is 1. The predicted molar refractivity (Wildman–Crippen MR) is 78.3 cm³/mol. The largest absolute Gasteiger partial charge is 0.464 e. The van der Waals surface area contributed by atoms with Gasteiger partial charge in [-0.2, -0.15) is 0 Å². The average Bonchev–Trinajstić information content (AvgIpc) is 2.93. The molecule has 0 radical (unpaired) electrons. The normalized spacial score (nSPS) is 22.5. The summed E-state index contributed by atoms with van der Waals surface area (Å²) in [5, 5.41) is 3.40. The van der Waals surface area contributed by atoms with Crippen molar-refractivity contribution < 1.29 is 13.9 Å². The standard InChI is InChI=1S/C17H19NO3/c1-11-6-14(11)15-5-3-13(21-15)9-18-8-12-2-4-16-17(7-12)20-10-19-16/h2-5,7,11,14,18H,6,8-10H2,1H3. The summed E-state index contributed by atoms with van der Waals surface area (Å²) < 4.78 is 16.6. The van der Waals surface area contributed by atoms with Crippen LogP contribution in [0, 0.1) is 5.92 Å². The molecule has 1 fully saturated rings. The van der Waals surface area contributed by atoms with Crippen LogP contribution in [0.3, 0.4) is 0 Å². The minimum atomic E-state index is 0.320. The van der Waals surface area contributed by atoms with E-state index in [9.17, 15) is 0 Å². The third-order valence-corrected chi connectivity index (χ3v) is 4.22. The molecule has 0 bridgehead atoms. The van der Waals surface area contributed by atoms with Crippen molar-refractivity contribution in [2.24, 2.45) is 5.92 Å². The van der Waals surface area contributed by atoms with Crippen molar-refractivity contribution in [1.82, 2.24) is 5.32 Å². The van der Waals surface area contributed by atoms with E-state index in [1.54, 1.807) is 0 Å². The zero-order chi connectivity index (χ0) is 14.2. The Hall–Kier alpha value is -1.94. The molecule has 0 saturated heterocycles. The van der Waals surface area contributed by atoms with Gasteiger partial charge in [-0.1, -0.05) is 13.0 Å². The molecular formula is C17H19NO3. The predicted octanol–water partition coefficient (Wildman–Crippen LogP) is 3.42. The van der Waals surface area contributed by atoms with E-state index in [1.165, 1.54) is 12.0 Å². The zero-order valence-corrected chi connectivity index (χ0v) is 12.1. The Bertz CT molecular complexity index is 649. The summed E-state index contributed by atoms with van der Waals surface area (Å²) >= 11 is 0. The lowest BCUT2D eigenvalue weighted by Crippen LogP contribution is -2.12. The van der Waals surface area contributed by atoms with Gasteiger partial charge in [0.05, 0.1) is 6.54 Å². The van der Waals surface area contributed by atoms with E-state index in [0.29, 0.717) is 12.7 Å². The molecule has 0 spiro atoms. The monoisotopic (exact) mass is 285 g/mol. The molecule has 2 aliphatic rings. The maximum atomic E-state index is 5.88. The van der Waals surface area contributed by atoms with Gasteiger partial charge < -0.3 is 19.2 Å². The summed E-state index contributed by atoms with van der Waals surface area (Å²) in [6.07, 6.45) is 1.26. The van der Waals surface area contributed by atoms with Crippen LogP contribution in [0.5, 0.6) is 11.5 Å². The Balaban J connectivity index is 1.32. The Morgan fingerprint density at radius 3 is 2.81 bits per heavy atom. The van der Waals surface area contributed by atoms with Crippen LogP contribution in [0.15, 0.2) is 34.7 Å². The highest BCUT2D eigenvalue weighted by Crippen LogP contribution is 2.47. The molecular weight excluding hydrogens is 266 g/mol. The Labute approximate surface area is 124 Å². The molecule has 4 rings (SSSR count). The summed E-state index contributed by atoms with van der Waals surface area (Å²) in [5.74, 6) is 5.23. The van der Waals surface area contributed by atoms with Gasteiger partial charge >= 0.3 is 0 Å². The van der Waals surface area contributed by atoms with Gasteiger partial charge in [0.25, 0.3) is 0 Å². The maximum absolute atomic E-state index is 5.88. The highest BCUT2D eigenvalue weighted by Gasteiger charge is 2.36. The molecule has 110 valence electrons. The lowest BCUT2D eigenvalue weighted by Gasteiger charge is -2.04. The molecule has 21 heavy (non-hydrogen) atoms. The first-order chi connectivity index (χ1) is 10.3. The number of hydrogen-bond donors (Lipinski definition) is 1. The van der Waals surface area contributed by atoms with Gasteiger partial charge in [-0.15, -0.1) is 0 Å². The van der Waals surface area contributed by atoms with Crippen LogP contribution < -0.4 is 14.8 Å². The fourth-order valence-electron chi connectivity index (χ4n) is 2.79. The van der Waals surface area contributed by atoms with Crippen LogP contribution in [-0.4, -0.2) is 6.79 Å². The van der Waals surface area contributed by atoms with E-state index < -0.39 is 0 Å². The summed E-state index contributed by atoms with van der Waals surface area (Å²) in [5.41, 5.74) is 1.18. The summed E-state index contributed by atoms with van der Waals surface area (Å²) in [4.78, 5) is 0. The number of hydrogen-bond acceptors (Lipinski definition) is 4. The van der Waals surface area contributed by atoms with Crippen molar-refractivity contribution in [3.8, 4) is 11.5 Å². The van der Waals surface area contributed by atoms with Crippen molar-refractivity contribution in [2.75, 3.05) is 6.79 Å². The molecule has 4 heteroatoms. The minimum Gasteiger partial charge on any atom is -0.464 e. The van der Waals surface area contributed by atoms with E-state index >= 15 is 0 Å². The molecule has 2 atom stereocenters. The molecule has 2 unspecified atom stereocenters. The van der Waals surface area contributed by atoms with E-state index in [1.807, 2.05) is 12.1 Å². The molecule has 1 aliphatic heterocycles. The second kappa shape index (κ2) is 5.11. The summed E-state index contributed by atoms with van der Waals surface area (Å²) in [6, 6.07) is 10.2. The molecule has 1 aromatic heterocycles. The fraction of sp³-hybridized carbons (Fsp3) is 0.412.